The van der Waals surface area contributed by atoms with E-state index in [1.54, 1.807) is 6.92 Å². The monoisotopic (exact) mass is 179 g/mol. The fourth-order valence-corrected chi connectivity index (χ4v) is 0.842. The van der Waals surface area contributed by atoms with E-state index >= 15 is 0 Å². The van der Waals surface area contributed by atoms with Gasteiger partial charge in [-0.3, -0.25) is 4.68 Å². The lowest BCUT2D eigenvalue weighted by Crippen LogP contribution is -2.03. The minimum absolute atomic E-state index is 0.138. The van der Waals surface area contributed by atoms with Crippen LogP contribution < -0.4 is 0 Å². The van der Waals surface area contributed by atoms with E-state index in [0.29, 0.717) is 12.2 Å². The first-order valence-electron chi connectivity index (χ1n) is 3.84. The predicted octanol–water partition coefficient (Wildman–Crippen LogP) is 0.583. The maximum Gasteiger partial charge on any atom is 0.341 e. The van der Waals surface area contributed by atoms with E-state index in [9.17, 15) is 4.79 Å². The van der Waals surface area contributed by atoms with Crippen LogP contribution in [0.15, 0.2) is 12.4 Å². The summed E-state index contributed by atoms with van der Waals surface area (Å²) in [6.45, 7) is 2.21. The molecule has 0 aliphatic carbocycles. The molecular weight excluding hydrogens is 170 g/mol. The molecule has 0 radical (unpaired) electrons. The molecule has 13 heavy (non-hydrogen) atoms. The van der Waals surface area contributed by atoms with Gasteiger partial charge in [0.2, 0.25) is 0 Å². The number of hydrogen-bond acceptors (Lipinski definition) is 4. The molecule has 0 amide bonds. The number of carbonyl (C=O) groups is 1. The van der Waals surface area contributed by atoms with Gasteiger partial charge in [0.25, 0.3) is 0 Å². The average molecular weight is 179 g/mol. The molecule has 1 rings (SSSR count). The lowest BCUT2D eigenvalue weighted by Gasteiger charge is -1.96. The molecule has 0 aliphatic rings. The SMILES string of the molecule is CCOC(=O)c1cnn(CC#N)c1. The molecule has 1 heterocycles. The molecule has 0 bridgehead atoms. The average Bonchev–Trinajstić information content (AvgIpc) is 2.54. The Balaban J connectivity index is 2.69. The van der Waals surface area contributed by atoms with Gasteiger partial charge in [0.05, 0.1) is 24.4 Å². The Bertz CT molecular complexity index is 337. The van der Waals surface area contributed by atoms with E-state index < -0.39 is 5.97 Å². The van der Waals surface area contributed by atoms with Crippen molar-refractivity contribution < 1.29 is 9.53 Å². The number of hydrogen-bond donors (Lipinski definition) is 0. The van der Waals surface area contributed by atoms with Gasteiger partial charge in [-0.15, -0.1) is 0 Å². The zero-order chi connectivity index (χ0) is 9.68. The largest absolute Gasteiger partial charge is 0.462 e. The van der Waals surface area contributed by atoms with Gasteiger partial charge >= 0.3 is 5.97 Å². The van der Waals surface area contributed by atoms with Gasteiger partial charge in [-0.1, -0.05) is 0 Å². The smallest absolute Gasteiger partial charge is 0.341 e. The Morgan fingerprint density at radius 2 is 2.62 bits per heavy atom. The Labute approximate surface area is 75.5 Å². The quantitative estimate of drug-likeness (QED) is 0.636. The van der Waals surface area contributed by atoms with Crippen LogP contribution in [0.1, 0.15) is 17.3 Å². The third kappa shape index (κ3) is 2.30. The number of ether oxygens (including phenoxy) is 1. The van der Waals surface area contributed by atoms with E-state index in [1.807, 2.05) is 6.07 Å². The summed E-state index contributed by atoms with van der Waals surface area (Å²) in [5.41, 5.74) is 0.372. The Morgan fingerprint density at radius 1 is 1.85 bits per heavy atom. The highest BCUT2D eigenvalue weighted by Crippen LogP contribution is 1.99. The summed E-state index contributed by atoms with van der Waals surface area (Å²) in [4.78, 5) is 11.1. The molecule has 5 nitrogen and oxygen atoms in total. The lowest BCUT2D eigenvalue weighted by molar-refractivity contribution is 0.0526. The highest BCUT2D eigenvalue weighted by atomic mass is 16.5. The second-order valence-corrected chi connectivity index (χ2v) is 2.31. The highest BCUT2D eigenvalue weighted by molar-refractivity contribution is 5.88. The molecule has 1 aromatic heterocycles. The van der Waals surface area contributed by atoms with Gasteiger partial charge in [-0.2, -0.15) is 10.4 Å². The van der Waals surface area contributed by atoms with E-state index in [0.717, 1.165) is 0 Å². The maximum atomic E-state index is 11.1. The van der Waals surface area contributed by atoms with Crippen LogP contribution in [-0.4, -0.2) is 22.4 Å². The maximum absolute atomic E-state index is 11.1. The van der Waals surface area contributed by atoms with Crippen molar-refractivity contribution in [3.05, 3.63) is 18.0 Å². The van der Waals surface area contributed by atoms with Crippen LogP contribution in [0.2, 0.25) is 0 Å². The molecule has 0 spiro atoms. The molecule has 0 aliphatic heterocycles. The normalized spacial score (nSPS) is 9.23. The van der Waals surface area contributed by atoms with Crippen molar-refractivity contribution >= 4 is 5.97 Å². The van der Waals surface area contributed by atoms with Crippen molar-refractivity contribution in [2.24, 2.45) is 0 Å². The van der Waals surface area contributed by atoms with Crippen LogP contribution in [0.4, 0.5) is 0 Å². The fraction of sp³-hybridized carbons (Fsp3) is 0.375. The highest BCUT2D eigenvalue weighted by Gasteiger charge is 2.08. The van der Waals surface area contributed by atoms with Crippen molar-refractivity contribution in [2.45, 2.75) is 13.5 Å². The molecule has 0 unspecified atom stereocenters. The van der Waals surface area contributed by atoms with Crippen molar-refractivity contribution in [2.75, 3.05) is 6.61 Å². The van der Waals surface area contributed by atoms with Gasteiger partial charge in [0.15, 0.2) is 0 Å². The van der Waals surface area contributed by atoms with Gasteiger partial charge in [-0.05, 0) is 6.92 Å². The van der Waals surface area contributed by atoms with Gasteiger partial charge in [-0.25, -0.2) is 4.79 Å². The molecule has 5 heteroatoms. The van der Waals surface area contributed by atoms with Crippen LogP contribution in [0, 0.1) is 11.3 Å². The molecule has 0 atom stereocenters. The van der Waals surface area contributed by atoms with E-state index in [2.05, 4.69) is 5.10 Å². The Kier molecular flexibility index (Phi) is 3.03. The summed E-state index contributed by atoms with van der Waals surface area (Å²) >= 11 is 0. The molecule has 0 saturated carbocycles. The number of nitriles is 1. The van der Waals surface area contributed by atoms with E-state index in [4.69, 9.17) is 10.00 Å². The van der Waals surface area contributed by atoms with Gasteiger partial charge < -0.3 is 4.74 Å². The summed E-state index contributed by atoms with van der Waals surface area (Å²) in [6.07, 6.45) is 2.87. The number of esters is 1. The van der Waals surface area contributed by atoms with Crippen molar-refractivity contribution in [1.82, 2.24) is 9.78 Å². The zero-order valence-corrected chi connectivity index (χ0v) is 7.23. The Morgan fingerprint density at radius 3 is 3.23 bits per heavy atom. The fourth-order valence-electron chi connectivity index (χ4n) is 0.842. The number of aromatic nitrogens is 2. The minimum atomic E-state index is -0.410. The first-order valence-corrected chi connectivity index (χ1v) is 3.84. The van der Waals surface area contributed by atoms with Crippen LogP contribution in [0.25, 0.3) is 0 Å². The van der Waals surface area contributed by atoms with Crippen LogP contribution >= 0.6 is 0 Å². The first-order chi connectivity index (χ1) is 6.27. The number of carbonyl (C=O) groups excluding carboxylic acids is 1. The molecule has 0 fully saturated rings. The first kappa shape index (κ1) is 9.26. The lowest BCUT2D eigenvalue weighted by atomic mass is 10.4. The summed E-state index contributed by atoms with van der Waals surface area (Å²) in [6, 6.07) is 1.92. The topological polar surface area (TPSA) is 67.9 Å². The molecular formula is C8H9N3O2. The van der Waals surface area contributed by atoms with Crippen LogP contribution in [0.5, 0.6) is 0 Å². The second-order valence-electron chi connectivity index (χ2n) is 2.31. The molecule has 68 valence electrons. The third-order valence-electron chi connectivity index (χ3n) is 1.38. The van der Waals surface area contributed by atoms with E-state index in [-0.39, 0.29) is 6.54 Å². The van der Waals surface area contributed by atoms with Gasteiger partial charge in [0.1, 0.15) is 6.54 Å². The number of nitrogens with zero attached hydrogens (tertiary/aromatic N) is 3. The van der Waals surface area contributed by atoms with Crippen molar-refractivity contribution in [1.29, 1.82) is 5.26 Å². The standard InChI is InChI=1S/C8H9N3O2/c1-2-13-8(12)7-5-10-11(6-7)4-3-9/h5-6H,2,4H2,1H3. The summed E-state index contributed by atoms with van der Waals surface area (Å²) in [7, 11) is 0. The molecule has 0 N–H and O–H groups in total. The third-order valence-corrected chi connectivity index (χ3v) is 1.38. The molecule has 0 aromatic carbocycles. The molecule has 1 aromatic rings. The van der Waals surface area contributed by atoms with Crippen molar-refractivity contribution in [3.8, 4) is 6.07 Å². The van der Waals surface area contributed by atoms with E-state index in [1.165, 1.54) is 17.1 Å². The summed E-state index contributed by atoms with van der Waals surface area (Å²) < 4.78 is 6.13. The zero-order valence-electron chi connectivity index (χ0n) is 7.23. The predicted molar refractivity (Wildman–Crippen MR) is 43.8 cm³/mol. The van der Waals surface area contributed by atoms with Crippen LogP contribution in [-0.2, 0) is 11.3 Å². The second kappa shape index (κ2) is 4.26. The van der Waals surface area contributed by atoms with Gasteiger partial charge in [0, 0.05) is 6.20 Å². The Hall–Kier alpha value is -1.83. The minimum Gasteiger partial charge on any atom is -0.462 e. The van der Waals surface area contributed by atoms with Crippen molar-refractivity contribution in [3.63, 3.8) is 0 Å². The van der Waals surface area contributed by atoms with Crippen LogP contribution in [0.3, 0.4) is 0 Å². The summed E-state index contributed by atoms with van der Waals surface area (Å²) in [5, 5.41) is 12.1. The summed E-state index contributed by atoms with van der Waals surface area (Å²) in [5.74, 6) is -0.410. The molecule has 0 saturated heterocycles. The number of rotatable bonds is 3.